The second-order valence-electron chi connectivity index (χ2n) is 6.94. The Morgan fingerprint density at radius 1 is 1.29 bits per heavy atom. The molecule has 1 fully saturated rings. The molecule has 1 aromatic rings. The monoisotopic (exact) mass is 330 g/mol. The Morgan fingerprint density at radius 3 is 2.33 bits per heavy atom. The number of likely N-dealkylation sites (N-methyl/N-ethyl adjacent to an activating group) is 1. The summed E-state index contributed by atoms with van der Waals surface area (Å²) in [5, 5.41) is 0. The summed E-state index contributed by atoms with van der Waals surface area (Å²) in [6, 6.07) is 8.01. The van der Waals surface area contributed by atoms with E-state index in [1.54, 1.807) is 0 Å². The van der Waals surface area contributed by atoms with Crippen molar-refractivity contribution in [2.45, 2.75) is 25.8 Å². The van der Waals surface area contributed by atoms with Gasteiger partial charge in [-0.3, -0.25) is 9.69 Å². The van der Waals surface area contributed by atoms with Crippen LogP contribution >= 0.6 is 0 Å². The maximum absolute atomic E-state index is 13.3. The first-order chi connectivity index (χ1) is 11.4. The Morgan fingerprint density at radius 2 is 1.88 bits per heavy atom. The van der Waals surface area contributed by atoms with E-state index < -0.39 is 5.54 Å². The van der Waals surface area contributed by atoms with Crippen LogP contribution in [0.5, 0.6) is 0 Å². The summed E-state index contributed by atoms with van der Waals surface area (Å²) < 4.78 is 5.40. The van der Waals surface area contributed by atoms with E-state index in [9.17, 15) is 4.79 Å². The van der Waals surface area contributed by atoms with Crippen LogP contribution < -0.4 is 4.90 Å². The van der Waals surface area contributed by atoms with Gasteiger partial charge in [-0.15, -0.1) is 6.58 Å². The minimum absolute atomic E-state index is 0.163. The van der Waals surface area contributed by atoms with E-state index in [-0.39, 0.29) is 11.7 Å². The lowest BCUT2D eigenvalue weighted by Crippen LogP contribution is -2.54. The maximum Gasteiger partial charge on any atom is 0.183 e. The van der Waals surface area contributed by atoms with Crippen molar-refractivity contribution in [1.29, 1.82) is 0 Å². The number of Topliss-reactive ketones (excluding diaryl/α,β-unsaturated/α-hetero) is 1. The summed E-state index contributed by atoms with van der Waals surface area (Å²) in [5.41, 5.74) is 1.36. The summed E-state index contributed by atoms with van der Waals surface area (Å²) in [6.45, 7) is 11.4. The topological polar surface area (TPSA) is 32.8 Å². The molecule has 1 atom stereocenters. The van der Waals surface area contributed by atoms with Crippen molar-refractivity contribution in [2.75, 3.05) is 45.3 Å². The molecule has 1 aliphatic rings. The van der Waals surface area contributed by atoms with Crippen LogP contribution in [-0.4, -0.2) is 56.6 Å². The molecule has 2 rings (SSSR count). The molecule has 4 nitrogen and oxygen atoms in total. The first kappa shape index (κ1) is 18.7. The zero-order valence-corrected chi connectivity index (χ0v) is 15.4. The quantitative estimate of drug-likeness (QED) is 0.567. The molecule has 1 aromatic carbocycles. The molecule has 1 unspecified atom stereocenters. The fourth-order valence-electron chi connectivity index (χ4n) is 3.61. The number of hydrogen-bond donors (Lipinski definition) is 0. The lowest BCUT2D eigenvalue weighted by Gasteiger charge is -2.41. The van der Waals surface area contributed by atoms with Gasteiger partial charge in [0.15, 0.2) is 5.78 Å². The third kappa shape index (κ3) is 3.55. The number of morpholine rings is 1. The average Bonchev–Trinajstić information content (AvgIpc) is 2.59. The molecule has 0 aliphatic carbocycles. The van der Waals surface area contributed by atoms with E-state index in [0.29, 0.717) is 6.42 Å². The Balaban J connectivity index is 2.28. The fourth-order valence-corrected chi connectivity index (χ4v) is 3.61. The Kier molecular flexibility index (Phi) is 6.19. The normalized spacial score (nSPS) is 17.8. The van der Waals surface area contributed by atoms with Crippen LogP contribution in [0.15, 0.2) is 36.9 Å². The molecule has 1 aliphatic heterocycles. The second-order valence-corrected chi connectivity index (χ2v) is 6.94. The largest absolute Gasteiger partial charge is 0.378 e. The van der Waals surface area contributed by atoms with Crippen molar-refractivity contribution in [3.8, 4) is 0 Å². The molecular weight excluding hydrogens is 300 g/mol. The lowest BCUT2D eigenvalue weighted by atomic mass is 9.76. The summed E-state index contributed by atoms with van der Waals surface area (Å²) in [7, 11) is 3.95. The van der Waals surface area contributed by atoms with Gasteiger partial charge in [-0.25, -0.2) is 0 Å². The van der Waals surface area contributed by atoms with E-state index in [2.05, 4.69) is 25.3 Å². The number of nitrogens with zero attached hydrogens (tertiary/aromatic N) is 2. The van der Waals surface area contributed by atoms with Gasteiger partial charge >= 0.3 is 0 Å². The summed E-state index contributed by atoms with van der Waals surface area (Å²) in [6.07, 6.45) is 2.49. The fraction of sp³-hybridized carbons (Fsp3) is 0.550. The highest BCUT2D eigenvalue weighted by atomic mass is 16.5. The highest BCUT2D eigenvalue weighted by Gasteiger charge is 2.42. The molecular formula is C20H30N2O2. The van der Waals surface area contributed by atoms with Gasteiger partial charge in [0.05, 0.1) is 18.8 Å². The first-order valence-electron chi connectivity index (χ1n) is 8.69. The molecule has 24 heavy (non-hydrogen) atoms. The van der Waals surface area contributed by atoms with Crippen LogP contribution in [-0.2, 0) is 4.74 Å². The number of ketones is 1. The lowest BCUT2D eigenvalue weighted by molar-refractivity contribution is 0.0549. The van der Waals surface area contributed by atoms with E-state index >= 15 is 0 Å². The van der Waals surface area contributed by atoms with Crippen LogP contribution in [0.2, 0.25) is 0 Å². The highest BCUT2D eigenvalue weighted by molar-refractivity contribution is 6.03. The molecule has 1 saturated heterocycles. The molecule has 0 spiro atoms. The van der Waals surface area contributed by atoms with Crippen molar-refractivity contribution in [3.05, 3.63) is 42.5 Å². The minimum atomic E-state index is -0.553. The molecule has 0 radical (unpaired) electrons. The summed E-state index contributed by atoms with van der Waals surface area (Å²) in [5.74, 6) is 0.354. The number of carbonyl (C=O) groups is 1. The predicted molar refractivity (Wildman–Crippen MR) is 99.9 cm³/mol. The van der Waals surface area contributed by atoms with Crippen molar-refractivity contribution in [2.24, 2.45) is 5.92 Å². The van der Waals surface area contributed by atoms with Crippen molar-refractivity contribution < 1.29 is 9.53 Å². The van der Waals surface area contributed by atoms with Crippen molar-refractivity contribution in [1.82, 2.24) is 4.90 Å². The number of rotatable bonds is 7. The van der Waals surface area contributed by atoms with Gasteiger partial charge in [-0.1, -0.05) is 19.9 Å². The SMILES string of the molecule is C=CCC(C(=O)c1ccc(N2CCOCC2)cc1)(C(C)C)N(C)C. The third-order valence-electron chi connectivity index (χ3n) is 5.11. The van der Waals surface area contributed by atoms with Gasteiger partial charge in [-0.2, -0.15) is 0 Å². The summed E-state index contributed by atoms with van der Waals surface area (Å²) in [4.78, 5) is 17.6. The number of carbonyl (C=O) groups excluding carboxylic acids is 1. The smallest absolute Gasteiger partial charge is 0.183 e. The Bertz CT molecular complexity index is 550. The van der Waals surface area contributed by atoms with Crippen LogP contribution in [0.1, 0.15) is 30.6 Å². The zero-order chi connectivity index (χ0) is 17.7. The zero-order valence-electron chi connectivity index (χ0n) is 15.4. The van der Waals surface area contributed by atoms with Crippen LogP contribution in [0.3, 0.4) is 0 Å². The van der Waals surface area contributed by atoms with Gasteiger partial charge in [0, 0.05) is 24.3 Å². The van der Waals surface area contributed by atoms with Crippen LogP contribution in [0.4, 0.5) is 5.69 Å². The number of ether oxygens (including phenoxy) is 1. The third-order valence-corrected chi connectivity index (χ3v) is 5.11. The first-order valence-corrected chi connectivity index (χ1v) is 8.69. The second kappa shape index (κ2) is 7.95. The van der Waals surface area contributed by atoms with Gasteiger partial charge in [-0.05, 0) is 50.7 Å². The molecule has 0 saturated carbocycles. The Hall–Kier alpha value is -1.65. The van der Waals surface area contributed by atoms with E-state index in [1.165, 1.54) is 0 Å². The molecule has 0 aromatic heterocycles. The summed E-state index contributed by atoms with van der Waals surface area (Å²) >= 11 is 0. The van der Waals surface area contributed by atoms with Crippen molar-refractivity contribution in [3.63, 3.8) is 0 Å². The highest BCUT2D eigenvalue weighted by Crippen LogP contribution is 2.32. The molecule has 4 heteroatoms. The average molecular weight is 330 g/mol. The van der Waals surface area contributed by atoms with Crippen LogP contribution in [0.25, 0.3) is 0 Å². The van der Waals surface area contributed by atoms with Crippen LogP contribution in [0, 0.1) is 5.92 Å². The van der Waals surface area contributed by atoms with Gasteiger partial charge in [0.25, 0.3) is 0 Å². The van der Waals surface area contributed by atoms with Crippen molar-refractivity contribution >= 4 is 11.5 Å². The Labute approximate surface area is 146 Å². The van der Waals surface area contributed by atoms with Gasteiger partial charge < -0.3 is 9.64 Å². The maximum atomic E-state index is 13.3. The predicted octanol–water partition coefficient (Wildman–Crippen LogP) is 3.24. The van der Waals surface area contributed by atoms with E-state index in [1.807, 2.05) is 49.3 Å². The number of anilines is 1. The molecule has 0 bridgehead atoms. The van der Waals surface area contributed by atoms with E-state index in [4.69, 9.17) is 4.74 Å². The number of benzene rings is 1. The van der Waals surface area contributed by atoms with Gasteiger partial charge in [0.1, 0.15) is 0 Å². The molecule has 0 N–H and O–H groups in total. The molecule has 0 amide bonds. The van der Waals surface area contributed by atoms with E-state index in [0.717, 1.165) is 37.6 Å². The molecule has 1 heterocycles. The standard InChI is InChI=1S/C20H30N2O2/c1-6-11-20(16(2)3,21(4)5)19(23)17-7-9-18(10-8-17)22-12-14-24-15-13-22/h6-10,16H,1,11-15H2,2-5H3. The van der Waals surface area contributed by atoms with Gasteiger partial charge in [0.2, 0.25) is 0 Å². The number of hydrogen-bond acceptors (Lipinski definition) is 4. The molecule has 132 valence electrons. The minimum Gasteiger partial charge on any atom is -0.378 e.